The number of ether oxygens (including phenoxy) is 1. The standard InChI is InChI=1S/C21H25N3O7S2/c1-15(20(25)16-5-7-18(8-6-16)23-32(2,27)28)31-21(26)17-9-12-24(13-10-17)33(29,30)19-4-3-11-22-14-19/h3-8,11,14-15,17,23H,9-10,12-13H2,1-2H3. The number of hydrogen-bond acceptors (Lipinski definition) is 8. The Bertz CT molecular complexity index is 1210. The third-order valence-corrected chi connectivity index (χ3v) is 7.68. The fourth-order valence-corrected chi connectivity index (χ4v) is 5.45. The van der Waals surface area contributed by atoms with Gasteiger partial charge < -0.3 is 4.74 Å². The number of ketones is 1. The molecule has 2 aromatic rings. The van der Waals surface area contributed by atoms with Crippen LogP contribution in [0.1, 0.15) is 30.1 Å². The predicted octanol–water partition coefficient (Wildman–Crippen LogP) is 1.67. The molecule has 0 bridgehead atoms. The van der Waals surface area contributed by atoms with E-state index in [0.717, 1.165) is 6.26 Å². The van der Waals surface area contributed by atoms with E-state index < -0.39 is 43.8 Å². The minimum atomic E-state index is -3.68. The van der Waals surface area contributed by atoms with Crippen molar-refractivity contribution in [3.63, 3.8) is 0 Å². The van der Waals surface area contributed by atoms with Crippen molar-refractivity contribution < 1.29 is 31.2 Å². The number of Topliss-reactive ketones (excluding diaryl/α,β-unsaturated/α-hetero) is 1. The van der Waals surface area contributed by atoms with Gasteiger partial charge in [-0.1, -0.05) is 0 Å². The number of hydrogen-bond donors (Lipinski definition) is 1. The molecule has 178 valence electrons. The van der Waals surface area contributed by atoms with E-state index in [1.807, 2.05) is 0 Å². The maximum atomic E-state index is 12.7. The minimum Gasteiger partial charge on any atom is -0.454 e. The number of anilines is 1. The first-order valence-electron chi connectivity index (χ1n) is 10.2. The smallest absolute Gasteiger partial charge is 0.309 e. The third kappa shape index (κ3) is 6.36. The molecule has 1 aromatic heterocycles. The zero-order valence-electron chi connectivity index (χ0n) is 18.2. The first-order chi connectivity index (χ1) is 15.5. The van der Waals surface area contributed by atoms with E-state index in [1.165, 1.54) is 54.0 Å². The first-order valence-corrected chi connectivity index (χ1v) is 13.5. The summed E-state index contributed by atoms with van der Waals surface area (Å²) >= 11 is 0. The maximum absolute atomic E-state index is 12.7. The molecule has 1 atom stereocenters. The highest BCUT2D eigenvalue weighted by Gasteiger charge is 2.34. The van der Waals surface area contributed by atoms with Crippen LogP contribution in [0.25, 0.3) is 0 Å². The van der Waals surface area contributed by atoms with Crippen molar-refractivity contribution in [1.29, 1.82) is 0 Å². The molecule has 0 saturated carbocycles. The van der Waals surface area contributed by atoms with Crippen molar-refractivity contribution in [3.05, 3.63) is 54.4 Å². The molecule has 33 heavy (non-hydrogen) atoms. The molecule has 0 spiro atoms. The summed E-state index contributed by atoms with van der Waals surface area (Å²) in [4.78, 5) is 29.1. The van der Waals surface area contributed by atoms with E-state index in [2.05, 4.69) is 9.71 Å². The summed E-state index contributed by atoms with van der Waals surface area (Å²) in [6.45, 7) is 1.78. The number of sulfonamides is 2. The van der Waals surface area contributed by atoms with Crippen LogP contribution in [0.5, 0.6) is 0 Å². The highest BCUT2D eigenvalue weighted by Crippen LogP contribution is 2.25. The molecule has 0 aliphatic carbocycles. The van der Waals surface area contributed by atoms with Crippen LogP contribution in [0.15, 0.2) is 53.7 Å². The zero-order chi connectivity index (χ0) is 24.2. The zero-order valence-corrected chi connectivity index (χ0v) is 19.8. The van der Waals surface area contributed by atoms with E-state index >= 15 is 0 Å². The van der Waals surface area contributed by atoms with Crippen LogP contribution in [0, 0.1) is 5.92 Å². The molecule has 0 radical (unpaired) electrons. The van der Waals surface area contributed by atoms with Gasteiger partial charge in [-0.15, -0.1) is 0 Å². The van der Waals surface area contributed by atoms with Crippen molar-refractivity contribution in [2.24, 2.45) is 5.92 Å². The summed E-state index contributed by atoms with van der Waals surface area (Å²) in [6.07, 6.45) is 3.32. The molecule has 10 nitrogen and oxygen atoms in total. The molecule has 2 heterocycles. The Morgan fingerprint density at radius 1 is 1.09 bits per heavy atom. The van der Waals surface area contributed by atoms with Crippen LogP contribution in [-0.4, -0.2) is 63.3 Å². The van der Waals surface area contributed by atoms with Gasteiger partial charge in [0.2, 0.25) is 25.8 Å². The van der Waals surface area contributed by atoms with Crippen molar-refractivity contribution in [3.8, 4) is 0 Å². The average molecular weight is 496 g/mol. The summed E-state index contributed by atoms with van der Waals surface area (Å²) in [6, 6.07) is 8.80. The minimum absolute atomic E-state index is 0.100. The van der Waals surface area contributed by atoms with Crippen LogP contribution in [0.4, 0.5) is 5.69 Å². The van der Waals surface area contributed by atoms with Gasteiger partial charge >= 0.3 is 5.97 Å². The number of nitrogens with zero attached hydrogens (tertiary/aromatic N) is 2. The highest BCUT2D eigenvalue weighted by molar-refractivity contribution is 7.92. The molecule has 1 N–H and O–H groups in total. The second kappa shape index (κ2) is 9.98. The number of aromatic nitrogens is 1. The van der Waals surface area contributed by atoms with E-state index in [4.69, 9.17) is 4.74 Å². The number of benzene rings is 1. The second-order valence-corrected chi connectivity index (χ2v) is 11.4. The van der Waals surface area contributed by atoms with Gasteiger partial charge in [0.1, 0.15) is 4.90 Å². The molecule has 1 saturated heterocycles. The predicted molar refractivity (Wildman–Crippen MR) is 121 cm³/mol. The SMILES string of the molecule is CC(OC(=O)C1CCN(S(=O)(=O)c2cccnc2)CC1)C(=O)c1ccc(NS(C)(=O)=O)cc1. The van der Waals surface area contributed by atoms with Crippen LogP contribution >= 0.6 is 0 Å². The monoisotopic (exact) mass is 495 g/mol. The van der Waals surface area contributed by atoms with E-state index in [0.29, 0.717) is 5.69 Å². The molecule has 3 rings (SSSR count). The summed E-state index contributed by atoms with van der Waals surface area (Å²) in [5.41, 5.74) is 0.582. The number of esters is 1. The Morgan fingerprint density at radius 3 is 2.27 bits per heavy atom. The Balaban J connectivity index is 1.55. The molecule has 12 heteroatoms. The van der Waals surface area contributed by atoms with Gasteiger partial charge in [0, 0.05) is 36.7 Å². The lowest BCUT2D eigenvalue weighted by Gasteiger charge is -2.30. The molecule has 1 aliphatic rings. The summed E-state index contributed by atoms with van der Waals surface area (Å²) in [5.74, 6) is -1.49. The maximum Gasteiger partial charge on any atom is 0.309 e. The van der Waals surface area contributed by atoms with Gasteiger partial charge in [-0.3, -0.25) is 19.3 Å². The van der Waals surface area contributed by atoms with Crippen molar-refractivity contribution in [2.45, 2.75) is 30.8 Å². The lowest BCUT2D eigenvalue weighted by molar-refractivity contribution is -0.152. The fraction of sp³-hybridized carbons (Fsp3) is 0.381. The van der Waals surface area contributed by atoms with Crippen molar-refractivity contribution in [1.82, 2.24) is 9.29 Å². The molecular weight excluding hydrogens is 470 g/mol. The van der Waals surface area contributed by atoms with Crippen LogP contribution in [0.3, 0.4) is 0 Å². The normalized spacial score (nSPS) is 16.7. The summed E-state index contributed by atoms with van der Waals surface area (Å²) < 4.78 is 56.9. The topological polar surface area (TPSA) is 140 Å². The summed E-state index contributed by atoms with van der Waals surface area (Å²) in [7, 11) is -7.11. The second-order valence-electron chi connectivity index (χ2n) is 7.76. The molecule has 1 aromatic carbocycles. The summed E-state index contributed by atoms with van der Waals surface area (Å²) in [5, 5.41) is 0. The van der Waals surface area contributed by atoms with Crippen LogP contribution in [0.2, 0.25) is 0 Å². The number of rotatable bonds is 8. The Morgan fingerprint density at radius 2 is 1.73 bits per heavy atom. The van der Waals surface area contributed by atoms with E-state index in [9.17, 15) is 26.4 Å². The van der Waals surface area contributed by atoms with Gasteiger partial charge in [0.25, 0.3) is 0 Å². The van der Waals surface area contributed by atoms with Gasteiger partial charge in [-0.2, -0.15) is 4.31 Å². The van der Waals surface area contributed by atoms with Crippen molar-refractivity contribution in [2.75, 3.05) is 24.1 Å². The van der Waals surface area contributed by atoms with Gasteiger partial charge in [-0.05, 0) is 56.2 Å². The average Bonchev–Trinajstić information content (AvgIpc) is 2.78. The molecule has 0 amide bonds. The van der Waals surface area contributed by atoms with E-state index in [-0.39, 0.29) is 36.4 Å². The van der Waals surface area contributed by atoms with Gasteiger partial charge in [0.15, 0.2) is 6.10 Å². The number of piperidine rings is 1. The third-order valence-electron chi connectivity index (χ3n) is 5.19. The molecular formula is C21H25N3O7S2. The number of nitrogens with one attached hydrogen (secondary N) is 1. The lowest BCUT2D eigenvalue weighted by Crippen LogP contribution is -2.41. The van der Waals surface area contributed by atoms with E-state index in [1.54, 1.807) is 6.07 Å². The molecule has 1 unspecified atom stereocenters. The molecule has 1 aliphatic heterocycles. The largest absolute Gasteiger partial charge is 0.454 e. The van der Waals surface area contributed by atoms with Crippen LogP contribution < -0.4 is 4.72 Å². The first kappa shape index (κ1) is 24.8. The Hall–Kier alpha value is -2.83. The highest BCUT2D eigenvalue weighted by atomic mass is 32.2. The Kier molecular flexibility index (Phi) is 7.50. The van der Waals surface area contributed by atoms with Gasteiger partial charge in [0.05, 0.1) is 12.2 Å². The quantitative estimate of drug-likeness (QED) is 0.431. The fourth-order valence-electron chi connectivity index (χ4n) is 3.46. The van der Waals surface area contributed by atoms with Gasteiger partial charge in [-0.25, -0.2) is 16.8 Å². The number of carbonyl (C=O) groups excluding carboxylic acids is 2. The number of pyridine rings is 1. The Labute approximate surface area is 193 Å². The number of carbonyl (C=O) groups is 2. The van der Waals surface area contributed by atoms with Crippen LogP contribution in [-0.2, 0) is 29.6 Å². The lowest BCUT2D eigenvalue weighted by atomic mass is 9.98. The molecule has 1 fully saturated rings. The van der Waals surface area contributed by atoms with Crippen molar-refractivity contribution >= 4 is 37.5 Å².